The minimum Gasteiger partial charge on any atom is -0.322 e. The quantitative estimate of drug-likeness (QED) is 0.590. The Morgan fingerprint density at radius 1 is 0.969 bits per heavy atom. The van der Waals surface area contributed by atoms with Gasteiger partial charge in [-0.05, 0) is 67.4 Å². The highest BCUT2D eigenvalue weighted by molar-refractivity contribution is 7.92. The number of nitrogens with one attached hydrogen (secondary N) is 2. The molecule has 0 spiro atoms. The fourth-order valence-electron chi connectivity index (χ4n) is 3.62. The Hall–Kier alpha value is -3.65. The Labute approximate surface area is 187 Å². The molecule has 8 heteroatoms. The Morgan fingerprint density at radius 3 is 2.41 bits per heavy atom. The lowest BCUT2D eigenvalue weighted by molar-refractivity contribution is -0.117. The number of aryl methyl sites for hydroxylation is 1. The van der Waals surface area contributed by atoms with Crippen molar-refractivity contribution in [3.05, 3.63) is 83.9 Å². The molecule has 0 aromatic heterocycles. The largest absolute Gasteiger partial charge is 0.322 e. The minimum absolute atomic E-state index is 0.0345. The summed E-state index contributed by atoms with van der Waals surface area (Å²) in [5.41, 5.74) is 2.67. The van der Waals surface area contributed by atoms with Gasteiger partial charge in [-0.15, -0.1) is 0 Å². The first-order valence-corrected chi connectivity index (χ1v) is 11.7. The second-order valence-corrected chi connectivity index (χ2v) is 9.30. The van der Waals surface area contributed by atoms with Crippen LogP contribution in [0.2, 0.25) is 0 Å². The lowest BCUT2D eigenvalue weighted by atomic mass is 10.1. The van der Waals surface area contributed by atoms with Crippen LogP contribution in [-0.4, -0.2) is 26.8 Å². The zero-order valence-electron chi connectivity index (χ0n) is 17.5. The van der Waals surface area contributed by atoms with Crippen LogP contribution in [0.25, 0.3) is 0 Å². The van der Waals surface area contributed by atoms with Crippen LogP contribution in [-0.2, 0) is 14.8 Å². The van der Waals surface area contributed by atoms with Crippen molar-refractivity contribution in [2.45, 2.75) is 24.7 Å². The molecule has 1 aliphatic rings. The van der Waals surface area contributed by atoms with Crippen molar-refractivity contribution in [3.8, 4) is 0 Å². The Kier molecular flexibility index (Phi) is 5.96. The Balaban J connectivity index is 1.54. The SMILES string of the molecule is Cc1cccc(NC(=O)c2ccccc2NS(=O)(=O)c2ccc(N3CCCC3=O)cc2)c1. The van der Waals surface area contributed by atoms with E-state index in [0.717, 1.165) is 12.0 Å². The number of hydrogen-bond donors (Lipinski definition) is 2. The van der Waals surface area contributed by atoms with Crippen molar-refractivity contribution in [2.75, 3.05) is 21.5 Å². The first kappa shape index (κ1) is 21.6. The molecule has 1 fully saturated rings. The van der Waals surface area contributed by atoms with Gasteiger partial charge < -0.3 is 10.2 Å². The lowest BCUT2D eigenvalue weighted by Crippen LogP contribution is -2.23. The van der Waals surface area contributed by atoms with Gasteiger partial charge in [0.1, 0.15) is 0 Å². The van der Waals surface area contributed by atoms with E-state index in [1.807, 2.05) is 25.1 Å². The summed E-state index contributed by atoms with van der Waals surface area (Å²) in [4.78, 5) is 26.4. The number of carbonyl (C=O) groups excluding carboxylic acids is 2. The number of para-hydroxylation sites is 1. The van der Waals surface area contributed by atoms with Gasteiger partial charge in [-0.3, -0.25) is 14.3 Å². The van der Waals surface area contributed by atoms with E-state index in [1.54, 1.807) is 47.4 Å². The summed E-state index contributed by atoms with van der Waals surface area (Å²) < 4.78 is 28.4. The van der Waals surface area contributed by atoms with Crippen molar-refractivity contribution >= 4 is 38.9 Å². The number of rotatable bonds is 6. The van der Waals surface area contributed by atoms with Gasteiger partial charge in [0.15, 0.2) is 0 Å². The number of anilines is 3. The van der Waals surface area contributed by atoms with Crippen LogP contribution >= 0.6 is 0 Å². The van der Waals surface area contributed by atoms with E-state index in [2.05, 4.69) is 10.0 Å². The van der Waals surface area contributed by atoms with Gasteiger partial charge in [-0.1, -0.05) is 24.3 Å². The Bertz CT molecular complexity index is 1270. The molecule has 0 unspecified atom stereocenters. The van der Waals surface area contributed by atoms with Crippen molar-refractivity contribution in [2.24, 2.45) is 0 Å². The maximum atomic E-state index is 13.0. The van der Waals surface area contributed by atoms with E-state index >= 15 is 0 Å². The summed E-state index contributed by atoms with van der Waals surface area (Å²) in [6.45, 7) is 2.55. The molecule has 1 aliphatic heterocycles. The molecule has 2 amide bonds. The van der Waals surface area contributed by atoms with Crippen LogP contribution < -0.4 is 14.9 Å². The number of sulfonamides is 1. The maximum Gasteiger partial charge on any atom is 0.261 e. The minimum atomic E-state index is -3.94. The molecule has 4 rings (SSSR count). The van der Waals surface area contributed by atoms with Crippen LogP contribution in [0.5, 0.6) is 0 Å². The van der Waals surface area contributed by atoms with Crippen LogP contribution in [0, 0.1) is 6.92 Å². The predicted octanol–water partition coefficient (Wildman–Crippen LogP) is 4.17. The molecule has 164 valence electrons. The molecule has 0 radical (unpaired) electrons. The summed E-state index contributed by atoms with van der Waals surface area (Å²) in [5.74, 6) is -0.385. The van der Waals surface area contributed by atoms with E-state index in [-0.39, 0.29) is 22.1 Å². The highest BCUT2D eigenvalue weighted by Gasteiger charge is 2.23. The number of hydrogen-bond acceptors (Lipinski definition) is 4. The fraction of sp³-hybridized carbons (Fsp3) is 0.167. The molecule has 2 N–H and O–H groups in total. The van der Waals surface area contributed by atoms with Crippen LogP contribution in [0.4, 0.5) is 17.1 Å². The molecule has 3 aromatic rings. The summed E-state index contributed by atoms with van der Waals surface area (Å²) in [5, 5.41) is 2.80. The second kappa shape index (κ2) is 8.84. The van der Waals surface area contributed by atoms with E-state index in [9.17, 15) is 18.0 Å². The monoisotopic (exact) mass is 449 g/mol. The van der Waals surface area contributed by atoms with Crippen molar-refractivity contribution in [3.63, 3.8) is 0 Å². The molecule has 0 atom stereocenters. The number of benzene rings is 3. The van der Waals surface area contributed by atoms with Gasteiger partial charge in [0.2, 0.25) is 5.91 Å². The zero-order chi connectivity index (χ0) is 22.7. The van der Waals surface area contributed by atoms with Gasteiger partial charge in [0, 0.05) is 24.3 Å². The number of carbonyl (C=O) groups is 2. The summed E-state index contributed by atoms with van der Waals surface area (Å²) in [7, 11) is -3.94. The first-order chi connectivity index (χ1) is 15.3. The van der Waals surface area contributed by atoms with Gasteiger partial charge >= 0.3 is 0 Å². The normalized spacial score (nSPS) is 13.8. The van der Waals surface area contributed by atoms with Crippen molar-refractivity contribution < 1.29 is 18.0 Å². The smallest absolute Gasteiger partial charge is 0.261 e. The fourth-order valence-corrected chi connectivity index (χ4v) is 4.70. The van der Waals surface area contributed by atoms with E-state index < -0.39 is 15.9 Å². The molecular formula is C24H23N3O4S. The molecule has 1 heterocycles. The standard InChI is InChI=1S/C24H23N3O4S/c1-17-6-4-7-18(16-17)25-24(29)21-8-2-3-9-22(21)26-32(30,31)20-13-11-19(12-14-20)27-15-5-10-23(27)28/h2-4,6-9,11-14,16,26H,5,10,15H2,1H3,(H,25,29). The molecule has 0 saturated carbocycles. The third kappa shape index (κ3) is 4.65. The second-order valence-electron chi connectivity index (χ2n) is 7.62. The van der Waals surface area contributed by atoms with Gasteiger partial charge in [0.25, 0.3) is 15.9 Å². The Morgan fingerprint density at radius 2 is 1.72 bits per heavy atom. The van der Waals surface area contributed by atoms with Gasteiger partial charge in [-0.25, -0.2) is 8.42 Å². The number of amides is 2. The number of nitrogens with zero attached hydrogens (tertiary/aromatic N) is 1. The summed E-state index contributed by atoms with van der Waals surface area (Å²) >= 11 is 0. The van der Waals surface area contributed by atoms with Crippen LogP contribution in [0.3, 0.4) is 0 Å². The molecular weight excluding hydrogens is 426 g/mol. The maximum absolute atomic E-state index is 13.0. The van der Waals surface area contributed by atoms with E-state index in [4.69, 9.17) is 0 Å². The average Bonchev–Trinajstić information content (AvgIpc) is 3.20. The summed E-state index contributed by atoms with van der Waals surface area (Å²) in [6.07, 6.45) is 1.30. The van der Waals surface area contributed by atoms with Gasteiger partial charge in [0.05, 0.1) is 16.1 Å². The molecule has 3 aromatic carbocycles. The highest BCUT2D eigenvalue weighted by atomic mass is 32.2. The summed E-state index contributed by atoms with van der Waals surface area (Å²) in [6, 6.07) is 19.9. The molecule has 7 nitrogen and oxygen atoms in total. The van der Waals surface area contributed by atoms with Crippen LogP contribution in [0.1, 0.15) is 28.8 Å². The van der Waals surface area contributed by atoms with E-state index in [0.29, 0.717) is 24.3 Å². The highest BCUT2D eigenvalue weighted by Crippen LogP contribution is 2.25. The predicted molar refractivity (Wildman–Crippen MR) is 124 cm³/mol. The molecule has 0 bridgehead atoms. The zero-order valence-corrected chi connectivity index (χ0v) is 18.4. The molecule has 1 saturated heterocycles. The van der Waals surface area contributed by atoms with Crippen molar-refractivity contribution in [1.29, 1.82) is 0 Å². The average molecular weight is 450 g/mol. The van der Waals surface area contributed by atoms with Gasteiger partial charge in [-0.2, -0.15) is 0 Å². The molecule has 0 aliphatic carbocycles. The third-order valence-corrected chi connectivity index (χ3v) is 6.61. The van der Waals surface area contributed by atoms with Crippen molar-refractivity contribution in [1.82, 2.24) is 0 Å². The third-order valence-electron chi connectivity index (χ3n) is 5.22. The topological polar surface area (TPSA) is 95.6 Å². The van der Waals surface area contributed by atoms with E-state index in [1.165, 1.54) is 12.1 Å². The first-order valence-electron chi connectivity index (χ1n) is 10.2. The lowest BCUT2D eigenvalue weighted by Gasteiger charge is -2.16. The van der Waals surface area contributed by atoms with Crippen LogP contribution in [0.15, 0.2) is 77.7 Å². The molecule has 32 heavy (non-hydrogen) atoms.